The van der Waals surface area contributed by atoms with Crippen molar-refractivity contribution in [2.24, 2.45) is 0 Å². The summed E-state index contributed by atoms with van der Waals surface area (Å²) in [7, 11) is 0. The van der Waals surface area contributed by atoms with Gasteiger partial charge in [0, 0.05) is 43.2 Å². The van der Waals surface area contributed by atoms with Crippen LogP contribution < -0.4 is 16.4 Å². The van der Waals surface area contributed by atoms with Crippen molar-refractivity contribution in [3.05, 3.63) is 83.2 Å². The van der Waals surface area contributed by atoms with E-state index in [0.717, 1.165) is 27.7 Å². The number of pyridine rings is 1. The molecular weight excluding hydrogens is 420 g/mol. The Bertz CT molecular complexity index is 1480. The van der Waals surface area contributed by atoms with Crippen LogP contribution >= 0.6 is 0 Å². The molecule has 0 unspecified atom stereocenters. The molecule has 5 rings (SSSR count). The number of fused-ring (bicyclic) bond motifs is 2. The number of nitrogens with two attached hydrogens (primary N) is 1. The van der Waals surface area contributed by atoms with Crippen molar-refractivity contribution in [1.82, 2.24) is 19.4 Å². The van der Waals surface area contributed by atoms with Gasteiger partial charge in [0.25, 0.3) is 0 Å². The minimum absolute atomic E-state index is 0.123. The molecule has 10 nitrogen and oxygen atoms in total. The fourth-order valence-electron chi connectivity index (χ4n) is 3.72. The number of nitrogens with zero attached hydrogens (tertiary/aromatic N) is 5. The first-order valence-corrected chi connectivity index (χ1v) is 10.3. The molecule has 0 spiro atoms. The summed E-state index contributed by atoms with van der Waals surface area (Å²) >= 11 is 0. The third kappa shape index (κ3) is 3.97. The molecule has 0 aliphatic carbocycles. The van der Waals surface area contributed by atoms with Gasteiger partial charge in [0.05, 0.1) is 10.6 Å². The highest BCUT2D eigenvalue weighted by atomic mass is 16.6. The van der Waals surface area contributed by atoms with Gasteiger partial charge >= 0.3 is 5.69 Å². The number of rotatable bonds is 7. The number of hydrogen-bond donors (Lipinski definition) is 3. The molecule has 0 saturated carbocycles. The van der Waals surface area contributed by atoms with Crippen LogP contribution in [0.2, 0.25) is 0 Å². The molecule has 3 heterocycles. The Hall–Kier alpha value is -4.73. The van der Waals surface area contributed by atoms with Crippen LogP contribution in [-0.2, 0) is 0 Å². The Balaban J connectivity index is 1.36. The zero-order chi connectivity index (χ0) is 22.8. The van der Waals surface area contributed by atoms with E-state index in [0.29, 0.717) is 24.9 Å². The second kappa shape index (κ2) is 8.42. The van der Waals surface area contributed by atoms with Crippen molar-refractivity contribution in [1.29, 1.82) is 0 Å². The molecule has 0 aliphatic heterocycles. The Morgan fingerprint density at radius 3 is 2.67 bits per heavy atom. The predicted octanol–water partition coefficient (Wildman–Crippen LogP) is 3.96. The monoisotopic (exact) mass is 440 g/mol. The Morgan fingerprint density at radius 1 is 1.00 bits per heavy atom. The van der Waals surface area contributed by atoms with E-state index in [4.69, 9.17) is 10.7 Å². The fourth-order valence-corrected chi connectivity index (χ4v) is 3.72. The maximum atomic E-state index is 10.9. The molecule has 4 N–H and O–H groups in total. The summed E-state index contributed by atoms with van der Waals surface area (Å²) in [5.74, 6) is 0.999. The van der Waals surface area contributed by atoms with Crippen LogP contribution in [0.1, 0.15) is 0 Å². The van der Waals surface area contributed by atoms with Crippen LogP contribution in [0.15, 0.2) is 73.1 Å². The molecule has 33 heavy (non-hydrogen) atoms. The van der Waals surface area contributed by atoms with E-state index in [1.54, 1.807) is 6.20 Å². The van der Waals surface area contributed by atoms with Crippen molar-refractivity contribution in [3.63, 3.8) is 0 Å². The summed E-state index contributed by atoms with van der Waals surface area (Å²) < 4.78 is 1.89. The Morgan fingerprint density at radius 2 is 1.82 bits per heavy atom. The number of nitro groups is 1. The Labute approximate surface area is 188 Å². The number of nitrogen functional groups attached to an aromatic ring is 1. The minimum atomic E-state index is -0.557. The largest absolute Gasteiger partial charge is 0.378 e. The topological polar surface area (TPSA) is 136 Å². The smallest absolute Gasteiger partial charge is 0.311 e. The van der Waals surface area contributed by atoms with Crippen LogP contribution in [0.4, 0.5) is 23.3 Å². The van der Waals surface area contributed by atoms with Crippen LogP contribution in [0.25, 0.3) is 27.7 Å². The van der Waals surface area contributed by atoms with Gasteiger partial charge in [0.1, 0.15) is 11.5 Å². The zero-order valence-electron chi connectivity index (χ0n) is 17.5. The maximum Gasteiger partial charge on any atom is 0.311 e. The average Bonchev–Trinajstić information content (AvgIpc) is 3.30. The lowest BCUT2D eigenvalue weighted by molar-refractivity contribution is -0.384. The van der Waals surface area contributed by atoms with Gasteiger partial charge in [-0.25, -0.2) is 15.0 Å². The normalized spacial score (nSPS) is 11.0. The summed E-state index contributed by atoms with van der Waals surface area (Å²) in [6, 6.07) is 19.2. The molecule has 2 aromatic carbocycles. The molecule has 0 saturated heterocycles. The molecule has 0 radical (unpaired) electrons. The molecule has 3 aromatic heterocycles. The van der Waals surface area contributed by atoms with Crippen LogP contribution in [0, 0.1) is 10.1 Å². The number of nitrogens with one attached hydrogen (secondary N) is 2. The molecule has 164 valence electrons. The fraction of sp³-hybridized carbons (Fsp3) is 0.0870. The van der Waals surface area contributed by atoms with Gasteiger partial charge in [-0.05, 0) is 16.8 Å². The molecular formula is C23H20N8O2. The van der Waals surface area contributed by atoms with Crippen molar-refractivity contribution < 1.29 is 4.92 Å². The quantitative estimate of drug-likeness (QED) is 0.196. The maximum absolute atomic E-state index is 10.9. The van der Waals surface area contributed by atoms with Gasteiger partial charge in [0.2, 0.25) is 11.8 Å². The lowest BCUT2D eigenvalue weighted by Gasteiger charge is -2.12. The summed E-state index contributed by atoms with van der Waals surface area (Å²) in [6.45, 7) is 1.03. The van der Waals surface area contributed by atoms with Crippen LogP contribution in [-0.4, -0.2) is 37.4 Å². The summed E-state index contributed by atoms with van der Waals surface area (Å²) in [6.07, 6.45) is 3.58. The first-order chi connectivity index (χ1) is 16.1. The highest BCUT2D eigenvalue weighted by Crippen LogP contribution is 2.29. The molecule has 0 bridgehead atoms. The molecule has 0 atom stereocenters. The summed E-state index contributed by atoms with van der Waals surface area (Å²) in [5, 5.41) is 19.6. The van der Waals surface area contributed by atoms with E-state index in [-0.39, 0.29) is 11.5 Å². The van der Waals surface area contributed by atoms with E-state index in [1.807, 2.05) is 34.9 Å². The van der Waals surface area contributed by atoms with Gasteiger partial charge in [-0.2, -0.15) is 0 Å². The van der Waals surface area contributed by atoms with Gasteiger partial charge in [0.15, 0.2) is 0 Å². The van der Waals surface area contributed by atoms with Crippen molar-refractivity contribution in [2.45, 2.75) is 0 Å². The SMILES string of the molecule is Nc1nc(NCCNc2nc(-c3cccc4ccccc34)cc3nccn23)ccc1[N+](=O)[O-]. The standard InChI is InChI=1S/C23H20N8O2/c24-22-19(31(32)33)8-9-20(29-22)25-10-11-27-23-28-18(14-21-26-12-13-30(21)23)17-7-3-5-15-4-1-2-6-16(15)17/h1-9,12-14H,10-11H2,(H,27,28)(H3,24,25,29). The van der Waals surface area contributed by atoms with Gasteiger partial charge in [-0.3, -0.25) is 14.5 Å². The van der Waals surface area contributed by atoms with Crippen LogP contribution in [0.3, 0.4) is 0 Å². The number of hydrogen-bond acceptors (Lipinski definition) is 8. The van der Waals surface area contributed by atoms with Crippen molar-refractivity contribution in [3.8, 4) is 11.3 Å². The molecule has 5 aromatic rings. The second-order valence-electron chi connectivity index (χ2n) is 7.36. The van der Waals surface area contributed by atoms with Crippen molar-refractivity contribution >= 4 is 39.7 Å². The molecule has 0 fully saturated rings. The lowest BCUT2D eigenvalue weighted by atomic mass is 10.0. The number of anilines is 3. The average molecular weight is 440 g/mol. The van der Waals surface area contributed by atoms with E-state index >= 15 is 0 Å². The summed E-state index contributed by atoms with van der Waals surface area (Å²) in [5.41, 5.74) is 8.08. The highest BCUT2D eigenvalue weighted by molar-refractivity contribution is 5.96. The third-order valence-electron chi connectivity index (χ3n) is 5.27. The number of imidazole rings is 1. The Kier molecular flexibility index (Phi) is 5.15. The number of aromatic nitrogens is 4. The zero-order valence-corrected chi connectivity index (χ0v) is 17.5. The van der Waals surface area contributed by atoms with Crippen LogP contribution in [0.5, 0.6) is 0 Å². The van der Waals surface area contributed by atoms with E-state index in [9.17, 15) is 10.1 Å². The van der Waals surface area contributed by atoms with E-state index in [2.05, 4.69) is 44.9 Å². The number of benzene rings is 2. The lowest BCUT2D eigenvalue weighted by Crippen LogP contribution is -2.17. The highest BCUT2D eigenvalue weighted by Gasteiger charge is 2.13. The second-order valence-corrected chi connectivity index (χ2v) is 7.36. The van der Waals surface area contributed by atoms with Gasteiger partial charge in [-0.1, -0.05) is 42.5 Å². The molecule has 0 aliphatic rings. The van der Waals surface area contributed by atoms with E-state index in [1.165, 1.54) is 12.1 Å². The first-order valence-electron chi connectivity index (χ1n) is 10.3. The molecule has 10 heteroatoms. The summed E-state index contributed by atoms with van der Waals surface area (Å²) in [4.78, 5) is 23.6. The molecule has 0 amide bonds. The predicted molar refractivity (Wildman–Crippen MR) is 128 cm³/mol. The van der Waals surface area contributed by atoms with E-state index < -0.39 is 4.92 Å². The van der Waals surface area contributed by atoms with Gasteiger partial charge in [-0.15, -0.1) is 0 Å². The van der Waals surface area contributed by atoms with Gasteiger partial charge < -0.3 is 16.4 Å². The van der Waals surface area contributed by atoms with Crippen molar-refractivity contribution in [2.75, 3.05) is 29.5 Å². The minimum Gasteiger partial charge on any atom is -0.378 e. The third-order valence-corrected chi connectivity index (χ3v) is 5.27. The first kappa shape index (κ1) is 20.2.